The Morgan fingerprint density at radius 3 is 2.55 bits per heavy atom. The van der Waals surface area contributed by atoms with Crippen LogP contribution in [0.3, 0.4) is 0 Å². The average Bonchev–Trinajstić information content (AvgIpc) is 2.80. The van der Waals surface area contributed by atoms with E-state index in [4.69, 9.17) is 4.74 Å². The lowest BCUT2D eigenvalue weighted by molar-refractivity contribution is -0.138. The Morgan fingerprint density at radius 2 is 1.88 bits per heavy atom. The quantitative estimate of drug-likeness (QED) is 0.407. The molecule has 0 saturated carbocycles. The maximum absolute atomic E-state index is 12.6. The Balaban J connectivity index is 1.48. The lowest BCUT2D eigenvalue weighted by atomic mass is 9.93. The largest absolute Gasteiger partial charge is 0.494 e. The predicted octanol–water partition coefficient (Wildman–Crippen LogP) is 3.52. The number of hydrogen-bond acceptors (Lipinski definition) is 5. The van der Waals surface area contributed by atoms with Crippen LogP contribution >= 0.6 is 0 Å². The van der Waals surface area contributed by atoms with E-state index >= 15 is 0 Å². The number of carboxylic acid groups (broad SMARTS) is 1. The summed E-state index contributed by atoms with van der Waals surface area (Å²) in [7, 11) is -3.94. The molecule has 0 aromatic heterocycles. The number of carbonyl (C=O) groups is 1. The van der Waals surface area contributed by atoms with Gasteiger partial charge in [0.2, 0.25) is 10.0 Å². The molecule has 0 aliphatic carbocycles. The predicted molar refractivity (Wildman–Crippen MR) is 128 cm³/mol. The fourth-order valence-electron chi connectivity index (χ4n) is 4.07. The lowest BCUT2D eigenvalue weighted by Gasteiger charge is -2.22. The third kappa shape index (κ3) is 8.14. The zero-order valence-electron chi connectivity index (χ0n) is 19.1. The minimum absolute atomic E-state index is 0.0386. The normalized spacial score (nSPS) is 15.8. The molecule has 33 heavy (non-hydrogen) atoms. The number of piperidine rings is 1. The van der Waals surface area contributed by atoms with Crippen molar-refractivity contribution in [3.05, 3.63) is 59.7 Å². The molecule has 0 spiro atoms. The molecule has 3 N–H and O–H groups in total. The highest BCUT2D eigenvalue weighted by atomic mass is 32.2. The highest BCUT2D eigenvalue weighted by Gasteiger charge is 2.25. The van der Waals surface area contributed by atoms with Crippen LogP contribution in [0.4, 0.5) is 0 Å². The molecular weight excluding hydrogens is 440 g/mol. The van der Waals surface area contributed by atoms with E-state index in [0.717, 1.165) is 43.2 Å². The number of nitrogens with one attached hydrogen (secondary N) is 2. The third-order valence-electron chi connectivity index (χ3n) is 5.99. The van der Waals surface area contributed by atoms with Gasteiger partial charge in [0.25, 0.3) is 0 Å². The van der Waals surface area contributed by atoms with Crippen molar-refractivity contribution >= 4 is 16.0 Å². The van der Waals surface area contributed by atoms with Gasteiger partial charge in [0, 0.05) is 0 Å². The summed E-state index contributed by atoms with van der Waals surface area (Å²) in [5.74, 6) is 0.337. The maximum atomic E-state index is 12.6. The van der Waals surface area contributed by atoms with E-state index in [-0.39, 0.29) is 11.3 Å². The van der Waals surface area contributed by atoms with Crippen molar-refractivity contribution in [2.45, 2.75) is 56.4 Å². The van der Waals surface area contributed by atoms with Gasteiger partial charge in [-0.1, -0.05) is 30.7 Å². The average molecular weight is 475 g/mol. The zero-order chi connectivity index (χ0) is 23.7. The second-order valence-electron chi connectivity index (χ2n) is 8.71. The molecule has 1 heterocycles. The number of unbranched alkanes of at least 4 members (excludes halogenated alkanes) is 1. The first kappa shape index (κ1) is 25.2. The van der Waals surface area contributed by atoms with Crippen molar-refractivity contribution in [3.8, 4) is 5.75 Å². The van der Waals surface area contributed by atoms with Gasteiger partial charge < -0.3 is 15.2 Å². The van der Waals surface area contributed by atoms with E-state index < -0.39 is 22.0 Å². The van der Waals surface area contributed by atoms with Gasteiger partial charge in [-0.25, -0.2) is 8.42 Å². The lowest BCUT2D eigenvalue weighted by Crippen LogP contribution is -2.42. The Bertz CT molecular complexity index is 1000. The zero-order valence-corrected chi connectivity index (χ0v) is 19.9. The van der Waals surface area contributed by atoms with Gasteiger partial charge in [-0.3, -0.25) is 4.79 Å². The topological polar surface area (TPSA) is 105 Å². The van der Waals surface area contributed by atoms with Crippen LogP contribution in [-0.4, -0.2) is 45.2 Å². The number of aryl methyl sites for hydroxylation is 1. The van der Waals surface area contributed by atoms with E-state index in [1.807, 2.05) is 0 Å². The first-order valence-electron chi connectivity index (χ1n) is 11.6. The molecule has 1 fully saturated rings. The van der Waals surface area contributed by atoms with Crippen LogP contribution in [0.15, 0.2) is 53.4 Å². The molecule has 1 aliphatic heterocycles. The maximum Gasteiger partial charge on any atom is 0.322 e. The van der Waals surface area contributed by atoms with Crippen molar-refractivity contribution < 1.29 is 23.1 Å². The molecule has 180 valence electrons. The van der Waals surface area contributed by atoms with Crippen LogP contribution in [0, 0.1) is 12.8 Å². The summed E-state index contributed by atoms with van der Waals surface area (Å²) in [6, 6.07) is 12.3. The van der Waals surface area contributed by atoms with Crippen molar-refractivity contribution in [2.75, 3.05) is 19.7 Å². The molecule has 8 heteroatoms. The van der Waals surface area contributed by atoms with Crippen LogP contribution in [0.2, 0.25) is 0 Å². The monoisotopic (exact) mass is 474 g/mol. The SMILES string of the molecule is Cc1cccc(S(=O)(=O)N[C@H](Cc2ccc(OCCCCC3CCNCC3)cc2)C(=O)O)c1. The number of carboxylic acids is 1. The molecule has 0 bridgehead atoms. The smallest absolute Gasteiger partial charge is 0.322 e. The summed E-state index contributed by atoms with van der Waals surface area (Å²) >= 11 is 0. The third-order valence-corrected chi connectivity index (χ3v) is 7.46. The summed E-state index contributed by atoms with van der Waals surface area (Å²) < 4.78 is 33.4. The Kier molecular flexibility index (Phi) is 9.29. The first-order valence-corrected chi connectivity index (χ1v) is 13.1. The number of hydrogen-bond donors (Lipinski definition) is 3. The van der Waals surface area contributed by atoms with Crippen LogP contribution in [0.5, 0.6) is 5.75 Å². The highest BCUT2D eigenvalue weighted by Crippen LogP contribution is 2.20. The molecule has 1 aliphatic rings. The van der Waals surface area contributed by atoms with Gasteiger partial charge in [0.1, 0.15) is 11.8 Å². The summed E-state index contributed by atoms with van der Waals surface area (Å²) in [4.78, 5) is 11.8. The Labute approximate surface area is 196 Å². The standard InChI is InChI=1S/C25H34N2O5S/c1-19-5-4-7-23(17-19)33(30,31)27-24(25(28)29)18-21-8-10-22(11-9-21)32-16-3-2-6-20-12-14-26-15-13-20/h4-5,7-11,17,20,24,26-27H,2-3,6,12-16,18H2,1H3,(H,28,29)/t24-/m1/s1. The van der Waals surface area contributed by atoms with Crippen molar-refractivity contribution in [3.63, 3.8) is 0 Å². The minimum atomic E-state index is -3.94. The molecule has 1 saturated heterocycles. The van der Waals surface area contributed by atoms with E-state index in [1.54, 1.807) is 43.3 Å². The first-order chi connectivity index (χ1) is 15.8. The molecule has 0 radical (unpaired) electrons. The summed E-state index contributed by atoms with van der Waals surface area (Å²) in [5.41, 5.74) is 1.50. The van der Waals surface area contributed by atoms with Crippen molar-refractivity contribution in [1.29, 1.82) is 0 Å². The molecule has 3 rings (SSSR count). The number of rotatable bonds is 12. The molecule has 0 unspecified atom stereocenters. The van der Waals surface area contributed by atoms with Gasteiger partial charge in [-0.2, -0.15) is 4.72 Å². The molecular formula is C25H34N2O5S. The minimum Gasteiger partial charge on any atom is -0.494 e. The summed E-state index contributed by atoms with van der Waals surface area (Å²) in [6.45, 7) is 4.69. The van der Waals surface area contributed by atoms with Gasteiger partial charge >= 0.3 is 5.97 Å². The van der Waals surface area contributed by atoms with E-state index in [1.165, 1.54) is 31.4 Å². The molecule has 2 aromatic rings. The molecule has 0 amide bonds. The van der Waals surface area contributed by atoms with Crippen LogP contribution in [0.25, 0.3) is 0 Å². The Hall–Kier alpha value is -2.42. The number of ether oxygens (including phenoxy) is 1. The van der Waals surface area contributed by atoms with Gasteiger partial charge in [0.15, 0.2) is 0 Å². The van der Waals surface area contributed by atoms with Crippen LogP contribution < -0.4 is 14.8 Å². The fraction of sp³-hybridized carbons (Fsp3) is 0.480. The van der Waals surface area contributed by atoms with Crippen molar-refractivity contribution in [1.82, 2.24) is 10.0 Å². The second kappa shape index (κ2) is 12.2. The summed E-state index contributed by atoms with van der Waals surface area (Å²) in [6.07, 6.45) is 5.98. The van der Waals surface area contributed by atoms with Crippen molar-refractivity contribution in [2.24, 2.45) is 5.92 Å². The van der Waals surface area contributed by atoms with Gasteiger partial charge in [0.05, 0.1) is 11.5 Å². The van der Waals surface area contributed by atoms with Crippen LogP contribution in [0.1, 0.15) is 43.2 Å². The number of benzene rings is 2. The summed E-state index contributed by atoms with van der Waals surface area (Å²) in [5, 5.41) is 12.9. The number of sulfonamides is 1. The van der Waals surface area contributed by atoms with E-state index in [0.29, 0.717) is 12.2 Å². The second-order valence-corrected chi connectivity index (χ2v) is 10.4. The molecule has 1 atom stereocenters. The number of aliphatic carboxylic acids is 1. The highest BCUT2D eigenvalue weighted by molar-refractivity contribution is 7.89. The van der Waals surface area contributed by atoms with Crippen LogP contribution in [-0.2, 0) is 21.2 Å². The van der Waals surface area contributed by atoms with Gasteiger partial charge in [-0.15, -0.1) is 0 Å². The molecule has 2 aromatic carbocycles. The van der Waals surface area contributed by atoms with Gasteiger partial charge in [-0.05, 0) is 93.4 Å². The fourth-order valence-corrected chi connectivity index (χ4v) is 5.36. The van der Waals surface area contributed by atoms with E-state index in [2.05, 4.69) is 10.0 Å². The molecule has 7 nitrogen and oxygen atoms in total. The Morgan fingerprint density at radius 1 is 1.15 bits per heavy atom. The van der Waals surface area contributed by atoms with E-state index in [9.17, 15) is 18.3 Å².